The van der Waals surface area contributed by atoms with E-state index in [9.17, 15) is 27.2 Å². The Morgan fingerprint density at radius 2 is 1.57 bits per heavy atom. The largest absolute Gasteiger partial charge is 0.417 e. The van der Waals surface area contributed by atoms with Crippen molar-refractivity contribution in [2.24, 2.45) is 0 Å². The Bertz CT molecular complexity index is 1480. The lowest BCUT2D eigenvalue weighted by molar-refractivity contribution is -0.137. The Balaban J connectivity index is 1.59. The molecule has 0 bridgehead atoms. The van der Waals surface area contributed by atoms with Crippen molar-refractivity contribution < 1.29 is 31.5 Å². The first-order chi connectivity index (χ1) is 16.5. The van der Waals surface area contributed by atoms with Gasteiger partial charge in [-0.2, -0.15) is 13.2 Å². The molecule has 0 saturated carbocycles. The van der Waals surface area contributed by atoms with Crippen molar-refractivity contribution >= 4 is 45.8 Å². The minimum absolute atomic E-state index is 0.0711. The number of nitrogens with zero attached hydrogens (tertiary/aromatic N) is 2. The van der Waals surface area contributed by atoms with E-state index in [-0.39, 0.29) is 11.3 Å². The highest BCUT2D eigenvalue weighted by Gasteiger charge is 2.33. The van der Waals surface area contributed by atoms with Gasteiger partial charge >= 0.3 is 12.2 Å². The second-order valence-electron chi connectivity index (χ2n) is 7.14. The van der Waals surface area contributed by atoms with Gasteiger partial charge in [-0.05, 0) is 48.5 Å². The molecule has 0 saturated heterocycles. The van der Waals surface area contributed by atoms with E-state index in [1.165, 1.54) is 30.6 Å². The van der Waals surface area contributed by atoms with Crippen LogP contribution in [0.15, 0.2) is 60.9 Å². The zero-order valence-electron chi connectivity index (χ0n) is 17.3. The normalized spacial score (nSPS) is 11.4. The van der Waals surface area contributed by atoms with Crippen molar-refractivity contribution in [1.82, 2.24) is 9.97 Å². The zero-order valence-corrected chi connectivity index (χ0v) is 18.0. The maximum atomic E-state index is 15.1. The molecular weight excluding hydrogens is 495 g/mol. The highest BCUT2D eigenvalue weighted by molar-refractivity contribution is 6.31. The summed E-state index contributed by atoms with van der Waals surface area (Å²) in [6.07, 6.45) is -1.94. The number of fused-ring (bicyclic) bond motifs is 1. The fourth-order valence-corrected chi connectivity index (χ4v) is 3.44. The number of nitrogens with one attached hydrogen (secondary N) is 2. The number of carbonyl (C=O) groups is 2. The quantitative estimate of drug-likeness (QED) is 0.246. The molecule has 0 fully saturated rings. The predicted octanol–water partition coefficient (Wildman–Crippen LogP) is 6.46. The molecule has 12 heteroatoms. The van der Waals surface area contributed by atoms with Gasteiger partial charge in [-0.3, -0.25) is 14.8 Å². The monoisotopic (exact) mass is 506 g/mol. The van der Waals surface area contributed by atoms with Crippen LogP contribution in [0, 0.1) is 11.6 Å². The summed E-state index contributed by atoms with van der Waals surface area (Å²) in [5, 5.41) is 3.58. The van der Waals surface area contributed by atoms with E-state index in [0.717, 1.165) is 24.3 Å². The number of benzene rings is 3. The average molecular weight is 507 g/mol. The van der Waals surface area contributed by atoms with Crippen LogP contribution in [-0.4, -0.2) is 21.8 Å². The van der Waals surface area contributed by atoms with Gasteiger partial charge in [0.2, 0.25) is 0 Å². The van der Waals surface area contributed by atoms with Crippen molar-refractivity contribution in [1.29, 1.82) is 0 Å². The third-order valence-electron chi connectivity index (χ3n) is 4.83. The van der Waals surface area contributed by atoms with Gasteiger partial charge in [0.1, 0.15) is 5.82 Å². The number of ketones is 1. The molecule has 4 rings (SSSR count). The number of rotatable bonds is 4. The van der Waals surface area contributed by atoms with Gasteiger partial charge in [-0.25, -0.2) is 13.6 Å². The standard InChI is InChI=1S/C23H12ClF5N4O2/c24-14-3-2-12(10-13(14)23(27,28)29)32-22(35)33-17-6-4-15(25)19(20(17)26)21(34)11-1-5-16-18(9-11)31-8-7-30-16/h1-10H,(H2,32,33,35). The van der Waals surface area contributed by atoms with E-state index >= 15 is 4.39 Å². The van der Waals surface area contributed by atoms with Crippen LogP contribution >= 0.6 is 11.6 Å². The third kappa shape index (κ3) is 5.04. The summed E-state index contributed by atoms with van der Waals surface area (Å²) in [5.41, 5.74) is -2.25. The average Bonchev–Trinajstić information content (AvgIpc) is 2.81. The SMILES string of the molecule is O=C(Nc1ccc(Cl)c(C(F)(F)F)c1)Nc1ccc(F)c(C(=O)c2ccc3nccnc3c2)c1F. The minimum Gasteiger partial charge on any atom is -0.308 e. The lowest BCUT2D eigenvalue weighted by atomic mass is 10.0. The smallest absolute Gasteiger partial charge is 0.308 e. The number of alkyl halides is 3. The highest BCUT2D eigenvalue weighted by Crippen LogP contribution is 2.36. The number of urea groups is 1. The third-order valence-corrected chi connectivity index (χ3v) is 5.16. The zero-order chi connectivity index (χ0) is 25.3. The van der Waals surface area contributed by atoms with Crippen molar-refractivity contribution in [3.05, 3.63) is 94.3 Å². The summed E-state index contributed by atoms with van der Waals surface area (Å²) >= 11 is 5.54. The van der Waals surface area contributed by atoms with Crippen LogP contribution in [0.4, 0.5) is 38.1 Å². The molecule has 0 aliphatic heterocycles. The number of aromatic nitrogens is 2. The van der Waals surface area contributed by atoms with E-state index in [1.54, 1.807) is 0 Å². The predicted molar refractivity (Wildman–Crippen MR) is 118 cm³/mol. The molecule has 1 aromatic heterocycles. The van der Waals surface area contributed by atoms with Crippen molar-refractivity contribution in [2.45, 2.75) is 6.18 Å². The summed E-state index contributed by atoms with van der Waals surface area (Å²) < 4.78 is 68.5. The van der Waals surface area contributed by atoms with Crippen LogP contribution in [0.1, 0.15) is 21.5 Å². The van der Waals surface area contributed by atoms with E-state index in [2.05, 4.69) is 20.6 Å². The maximum Gasteiger partial charge on any atom is 0.417 e. The molecule has 0 spiro atoms. The van der Waals surface area contributed by atoms with E-state index in [4.69, 9.17) is 11.6 Å². The molecule has 3 aromatic carbocycles. The number of halogens is 6. The lowest BCUT2D eigenvalue weighted by Crippen LogP contribution is -2.21. The number of hydrogen-bond donors (Lipinski definition) is 2. The minimum atomic E-state index is -4.77. The van der Waals surface area contributed by atoms with Crippen molar-refractivity contribution in [3.8, 4) is 0 Å². The van der Waals surface area contributed by atoms with Gasteiger partial charge in [0.05, 0.1) is 32.9 Å². The van der Waals surface area contributed by atoms with E-state index in [0.29, 0.717) is 17.1 Å². The number of anilines is 2. The van der Waals surface area contributed by atoms with Gasteiger partial charge in [0.15, 0.2) is 11.6 Å². The van der Waals surface area contributed by atoms with E-state index < -0.39 is 51.5 Å². The molecule has 0 aliphatic rings. The maximum absolute atomic E-state index is 15.1. The molecule has 2 N–H and O–H groups in total. The van der Waals surface area contributed by atoms with Gasteiger partial charge in [-0.15, -0.1) is 0 Å². The molecule has 0 radical (unpaired) electrons. The lowest BCUT2D eigenvalue weighted by Gasteiger charge is -2.13. The van der Waals surface area contributed by atoms with Crippen LogP contribution in [0.25, 0.3) is 11.0 Å². The van der Waals surface area contributed by atoms with Crippen molar-refractivity contribution in [3.63, 3.8) is 0 Å². The van der Waals surface area contributed by atoms with Crippen LogP contribution < -0.4 is 10.6 Å². The molecule has 4 aromatic rings. The summed E-state index contributed by atoms with van der Waals surface area (Å²) in [6.45, 7) is 0. The molecule has 35 heavy (non-hydrogen) atoms. The summed E-state index contributed by atoms with van der Waals surface area (Å²) in [5.74, 6) is -3.55. The highest BCUT2D eigenvalue weighted by atomic mass is 35.5. The molecule has 2 amide bonds. The van der Waals surface area contributed by atoms with Crippen molar-refractivity contribution in [2.75, 3.05) is 10.6 Å². The second kappa shape index (κ2) is 9.26. The topological polar surface area (TPSA) is 84.0 Å². The Labute approximate surface area is 198 Å². The first-order valence-electron chi connectivity index (χ1n) is 9.73. The molecule has 6 nitrogen and oxygen atoms in total. The molecule has 0 atom stereocenters. The number of hydrogen-bond acceptors (Lipinski definition) is 4. The van der Waals surface area contributed by atoms with Crippen LogP contribution in [0.3, 0.4) is 0 Å². The van der Waals surface area contributed by atoms with Gasteiger partial charge in [0, 0.05) is 23.6 Å². The fraction of sp³-hybridized carbons (Fsp3) is 0.0435. The fourth-order valence-electron chi connectivity index (χ4n) is 3.21. The summed E-state index contributed by atoms with van der Waals surface area (Å²) in [6, 6.07) is 7.25. The number of amides is 2. The first-order valence-corrected chi connectivity index (χ1v) is 10.1. The Morgan fingerprint density at radius 1 is 0.857 bits per heavy atom. The van der Waals surface area contributed by atoms with Gasteiger partial charge < -0.3 is 10.6 Å². The molecule has 1 heterocycles. The number of carbonyl (C=O) groups excluding carboxylic acids is 2. The van der Waals surface area contributed by atoms with Gasteiger partial charge in [-0.1, -0.05) is 11.6 Å². The second-order valence-corrected chi connectivity index (χ2v) is 7.55. The Hall–Kier alpha value is -4.12. The van der Waals surface area contributed by atoms with Crippen LogP contribution in [0.5, 0.6) is 0 Å². The van der Waals surface area contributed by atoms with Crippen LogP contribution in [0.2, 0.25) is 5.02 Å². The molecule has 178 valence electrons. The van der Waals surface area contributed by atoms with E-state index in [1.807, 2.05) is 0 Å². The summed E-state index contributed by atoms with van der Waals surface area (Å²) in [7, 11) is 0. The Morgan fingerprint density at radius 3 is 2.29 bits per heavy atom. The first kappa shape index (κ1) is 24.0. The Kier molecular flexibility index (Phi) is 6.35. The van der Waals surface area contributed by atoms with Gasteiger partial charge in [0.25, 0.3) is 0 Å². The summed E-state index contributed by atoms with van der Waals surface area (Å²) in [4.78, 5) is 33.2. The molecule has 0 unspecified atom stereocenters. The van der Waals surface area contributed by atoms with Crippen LogP contribution in [-0.2, 0) is 6.18 Å². The molecule has 0 aliphatic carbocycles. The molecular formula is C23H12ClF5N4O2.